The minimum atomic E-state index is -2.79. The van der Waals surface area contributed by atoms with E-state index < -0.39 is 93.0 Å². The van der Waals surface area contributed by atoms with Crippen molar-refractivity contribution >= 4 is 28.1 Å². The van der Waals surface area contributed by atoms with Crippen LogP contribution in [0.15, 0.2) is 23.5 Å². The molecule has 0 bridgehead atoms. The molecule has 7 N–H and O–H groups in total. The van der Waals surface area contributed by atoms with Crippen molar-refractivity contribution in [2.24, 2.45) is 5.92 Å². The minimum absolute atomic E-state index is 0.101. The quantitative estimate of drug-likeness (QED) is 0.263. The van der Waals surface area contributed by atoms with E-state index >= 15 is 0 Å². The lowest BCUT2D eigenvalue weighted by Gasteiger charge is -2.45. The van der Waals surface area contributed by atoms with Crippen molar-refractivity contribution in [3.63, 3.8) is 0 Å². The molecular formula is C28H30O12. The smallest absolute Gasteiger partial charge is 0.206 e. The van der Waals surface area contributed by atoms with Crippen molar-refractivity contribution in [1.29, 1.82) is 0 Å². The largest absolute Gasteiger partial charge is 0.508 e. The summed E-state index contributed by atoms with van der Waals surface area (Å²) in [6.45, 7) is 3.87. The first-order valence-corrected chi connectivity index (χ1v) is 12.7. The van der Waals surface area contributed by atoms with Crippen LogP contribution in [-0.4, -0.2) is 89.7 Å². The van der Waals surface area contributed by atoms with Gasteiger partial charge in [0.05, 0.1) is 34.3 Å². The molecule has 40 heavy (non-hydrogen) atoms. The van der Waals surface area contributed by atoms with Crippen LogP contribution in [0.4, 0.5) is 0 Å². The lowest BCUT2D eigenvalue weighted by atomic mass is 9.62. The van der Waals surface area contributed by atoms with E-state index in [1.165, 1.54) is 26.0 Å². The molecule has 0 aromatic heterocycles. The van der Waals surface area contributed by atoms with Crippen LogP contribution in [0.1, 0.15) is 54.8 Å². The van der Waals surface area contributed by atoms with Crippen LogP contribution >= 0.6 is 0 Å². The third-order valence-electron chi connectivity index (χ3n) is 8.48. The maximum atomic E-state index is 13.8. The van der Waals surface area contributed by atoms with Crippen molar-refractivity contribution in [3.8, 4) is 17.2 Å². The number of phenolic OH excluding ortho intramolecular Hbond substituents is 3. The summed E-state index contributed by atoms with van der Waals surface area (Å²) < 4.78 is 11.0. The first-order chi connectivity index (χ1) is 18.6. The van der Waals surface area contributed by atoms with Crippen LogP contribution in [0.3, 0.4) is 0 Å². The fourth-order valence-corrected chi connectivity index (χ4v) is 6.47. The monoisotopic (exact) mass is 558 g/mol. The van der Waals surface area contributed by atoms with Crippen molar-refractivity contribution in [3.05, 3.63) is 40.2 Å². The number of fused-ring (bicyclic) bond motifs is 3. The van der Waals surface area contributed by atoms with Gasteiger partial charge in [-0.15, -0.1) is 0 Å². The molecular weight excluding hydrogens is 528 g/mol. The van der Waals surface area contributed by atoms with Crippen LogP contribution in [0, 0.1) is 5.92 Å². The van der Waals surface area contributed by atoms with Crippen LogP contribution in [-0.2, 0) is 25.5 Å². The van der Waals surface area contributed by atoms with E-state index in [0.29, 0.717) is 0 Å². The molecule has 1 aliphatic heterocycles. The molecule has 7 atom stereocenters. The Kier molecular flexibility index (Phi) is 6.28. The summed E-state index contributed by atoms with van der Waals surface area (Å²) in [4.78, 5) is 38.9. The molecule has 1 heterocycles. The number of phenols is 3. The Morgan fingerprint density at radius 3 is 2.33 bits per heavy atom. The van der Waals surface area contributed by atoms with Gasteiger partial charge in [-0.1, -0.05) is 0 Å². The number of hydrogen-bond donors (Lipinski definition) is 7. The lowest BCUT2D eigenvalue weighted by Crippen LogP contribution is -2.61. The highest BCUT2D eigenvalue weighted by Crippen LogP contribution is 2.53. The van der Waals surface area contributed by atoms with E-state index in [1.54, 1.807) is 0 Å². The molecule has 12 heteroatoms. The number of ether oxygens (including phenoxy) is 2. The Balaban J connectivity index is 1.73. The fourth-order valence-electron chi connectivity index (χ4n) is 6.47. The number of aliphatic hydroxyl groups excluding tert-OH is 2. The zero-order chi connectivity index (χ0) is 29.6. The SMILES string of the molecule is CO[C@@H]1C(=O)C(C(C)=O)=C(O)[C@@]2(O)C(=O)c3c(cc4cc(O)c([C@H]5C[C@](C)(O)[C@H](O)[C@@H](C)O5)c(O)c4c3O)C[C@@H]12. The molecule has 2 aromatic rings. The Morgan fingerprint density at radius 2 is 1.75 bits per heavy atom. The summed E-state index contributed by atoms with van der Waals surface area (Å²) in [5.74, 6) is -7.38. The highest BCUT2D eigenvalue weighted by molar-refractivity contribution is 6.25. The number of aliphatic hydroxyl groups is 4. The Hall–Kier alpha value is -3.55. The average Bonchev–Trinajstić information content (AvgIpc) is 2.84. The first-order valence-electron chi connectivity index (χ1n) is 12.7. The first kappa shape index (κ1) is 28.0. The Bertz CT molecular complexity index is 1520. The number of aromatic hydroxyl groups is 3. The van der Waals surface area contributed by atoms with Crippen molar-refractivity contribution in [1.82, 2.24) is 0 Å². The van der Waals surface area contributed by atoms with Gasteiger partial charge in [-0.25, -0.2) is 0 Å². The van der Waals surface area contributed by atoms with E-state index in [1.807, 2.05) is 0 Å². The Labute approximate surface area is 227 Å². The van der Waals surface area contributed by atoms with Crippen LogP contribution in [0.2, 0.25) is 0 Å². The molecule has 2 aromatic carbocycles. The van der Waals surface area contributed by atoms with Gasteiger partial charge in [0.2, 0.25) is 5.78 Å². The van der Waals surface area contributed by atoms with Gasteiger partial charge in [0.1, 0.15) is 40.8 Å². The molecule has 0 saturated carbocycles. The summed E-state index contributed by atoms with van der Waals surface area (Å²) in [5.41, 5.74) is -5.74. The van der Waals surface area contributed by atoms with Crippen LogP contribution in [0.25, 0.3) is 10.8 Å². The number of benzene rings is 2. The van der Waals surface area contributed by atoms with Crippen molar-refractivity contribution in [2.45, 2.75) is 69.2 Å². The van der Waals surface area contributed by atoms with Gasteiger partial charge in [0.15, 0.2) is 17.2 Å². The molecule has 3 aliphatic rings. The second-order valence-electron chi connectivity index (χ2n) is 11.1. The normalized spacial score (nSPS) is 34.1. The predicted molar refractivity (Wildman–Crippen MR) is 136 cm³/mol. The topological polar surface area (TPSA) is 211 Å². The maximum absolute atomic E-state index is 13.8. The van der Waals surface area contributed by atoms with Gasteiger partial charge in [0, 0.05) is 19.4 Å². The minimum Gasteiger partial charge on any atom is -0.508 e. The fraction of sp³-hybridized carbons (Fsp3) is 0.464. The second kappa shape index (κ2) is 8.98. The standard InChI is InChI=1S/C28H30O12/c1-9(29)16-22(33)23(39-4)13-6-11-5-12-7-14(30)19(15-8-27(3,37)24(34)10(2)40-15)21(32)17(12)20(31)18(11)26(36)28(13,38)25(16)35/h5,7,10,13,15,23-24,30-32,34-35,37-38H,6,8H2,1-4H3/t10-,13+,15-,23+,24-,27+,28-/m1/s1. The maximum Gasteiger partial charge on any atom is 0.206 e. The second-order valence-corrected chi connectivity index (χ2v) is 11.1. The van der Waals surface area contributed by atoms with Crippen molar-refractivity contribution in [2.75, 3.05) is 7.11 Å². The Morgan fingerprint density at radius 1 is 1.10 bits per heavy atom. The number of methoxy groups -OCH3 is 1. The van der Waals surface area contributed by atoms with Crippen LogP contribution in [0.5, 0.6) is 17.2 Å². The molecule has 5 rings (SSSR count). The third-order valence-corrected chi connectivity index (χ3v) is 8.48. The number of ketones is 3. The van der Waals surface area contributed by atoms with Gasteiger partial charge in [-0.05, 0) is 50.3 Å². The number of Topliss-reactive ketones (excluding diaryl/α,β-unsaturated/α-hetero) is 3. The van der Waals surface area contributed by atoms with E-state index in [-0.39, 0.29) is 34.7 Å². The molecule has 0 radical (unpaired) electrons. The number of hydrogen-bond acceptors (Lipinski definition) is 12. The van der Waals surface area contributed by atoms with Gasteiger partial charge in [-0.2, -0.15) is 0 Å². The third kappa shape index (κ3) is 3.60. The zero-order valence-corrected chi connectivity index (χ0v) is 22.1. The molecule has 1 saturated heterocycles. The summed E-state index contributed by atoms with van der Waals surface area (Å²) in [6.07, 6.45) is -5.20. The molecule has 0 unspecified atom stereocenters. The van der Waals surface area contributed by atoms with Gasteiger partial charge in [0.25, 0.3) is 0 Å². The zero-order valence-electron chi connectivity index (χ0n) is 22.1. The van der Waals surface area contributed by atoms with E-state index in [0.717, 1.165) is 14.0 Å². The van der Waals surface area contributed by atoms with E-state index in [4.69, 9.17) is 9.47 Å². The van der Waals surface area contributed by atoms with Gasteiger partial charge in [-0.3, -0.25) is 14.4 Å². The number of rotatable bonds is 3. The predicted octanol–water partition coefficient (Wildman–Crippen LogP) is 1.00. The van der Waals surface area contributed by atoms with Gasteiger partial charge < -0.3 is 45.2 Å². The summed E-state index contributed by atoms with van der Waals surface area (Å²) >= 11 is 0. The summed E-state index contributed by atoms with van der Waals surface area (Å²) in [7, 11) is 1.16. The molecule has 0 amide bonds. The summed E-state index contributed by atoms with van der Waals surface area (Å²) in [6, 6.07) is 2.60. The van der Waals surface area contributed by atoms with Crippen LogP contribution < -0.4 is 0 Å². The lowest BCUT2D eigenvalue weighted by molar-refractivity contribution is -0.206. The molecule has 12 nitrogen and oxygen atoms in total. The number of carbonyl (C=O) groups excluding carboxylic acids is 3. The number of carbonyl (C=O) groups is 3. The average molecular weight is 559 g/mol. The highest BCUT2D eigenvalue weighted by Gasteiger charge is 2.62. The molecule has 2 aliphatic carbocycles. The van der Waals surface area contributed by atoms with Gasteiger partial charge >= 0.3 is 0 Å². The van der Waals surface area contributed by atoms with Crippen molar-refractivity contribution < 1.29 is 59.6 Å². The molecule has 0 spiro atoms. The van der Waals surface area contributed by atoms with E-state index in [2.05, 4.69) is 0 Å². The van der Waals surface area contributed by atoms with E-state index in [9.17, 15) is 50.1 Å². The molecule has 1 fully saturated rings. The molecule has 214 valence electrons. The highest BCUT2D eigenvalue weighted by atomic mass is 16.5. The summed E-state index contributed by atoms with van der Waals surface area (Å²) in [5, 5.41) is 76.6.